The lowest BCUT2D eigenvalue weighted by molar-refractivity contribution is 0.267. The molecule has 0 bridgehead atoms. The summed E-state index contributed by atoms with van der Waals surface area (Å²) in [6, 6.07) is 1.79. The van der Waals surface area contributed by atoms with E-state index in [2.05, 4.69) is 33.8 Å². The zero-order valence-corrected chi connectivity index (χ0v) is 12.2. The molecule has 0 spiro atoms. The van der Waals surface area contributed by atoms with E-state index in [-0.39, 0.29) is 18.6 Å². The normalized spacial score (nSPS) is 12.3. The minimum Gasteiger partial charge on any atom is -0.394 e. The van der Waals surface area contributed by atoms with Crippen LogP contribution in [-0.4, -0.2) is 32.7 Å². The Labute approximate surface area is 124 Å². The van der Waals surface area contributed by atoms with Gasteiger partial charge in [0.05, 0.1) is 18.2 Å². The Balaban J connectivity index is 2.35. The average Bonchev–Trinajstić information content (AvgIpc) is 2.50. The third-order valence-electron chi connectivity index (χ3n) is 3.28. The van der Waals surface area contributed by atoms with Crippen LogP contribution in [0.1, 0.15) is 31.7 Å². The molecule has 0 radical (unpaired) electrons. The van der Waals surface area contributed by atoms with Gasteiger partial charge in [0, 0.05) is 6.20 Å². The van der Waals surface area contributed by atoms with Crippen molar-refractivity contribution in [1.82, 2.24) is 15.0 Å². The van der Waals surface area contributed by atoms with Crippen LogP contribution in [0.4, 0.5) is 11.8 Å². The van der Waals surface area contributed by atoms with E-state index in [0.29, 0.717) is 16.9 Å². The summed E-state index contributed by atoms with van der Waals surface area (Å²) in [5, 5.41) is 12.7. The van der Waals surface area contributed by atoms with Crippen molar-refractivity contribution in [2.75, 3.05) is 17.7 Å². The van der Waals surface area contributed by atoms with Gasteiger partial charge < -0.3 is 16.2 Å². The van der Waals surface area contributed by atoms with E-state index >= 15 is 0 Å². The van der Waals surface area contributed by atoms with Crippen LogP contribution in [0, 0.1) is 0 Å². The van der Waals surface area contributed by atoms with Gasteiger partial charge in [0.2, 0.25) is 5.95 Å². The smallest absolute Gasteiger partial charge is 0.222 e. The van der Waals surface area contributed by atoms with Crippen molar-refractivity contribution in [1.29, 1.82) is 0 Å². The Bertz CT molecular complexity index is 629. The summed E-state index contributed by atoms with van der Waals surface area (Å²) in [6.07, 6.45) is 6.38. The number of pyridine rings is 1. The third-order valence-corrected chi connectivity index (χ3v) is 3.28. The van der Waals surface area contributed by atoms with Crippen molar-refractivity contribution in [3.05, 3.63) is 24.4 Å². The molecule has 4 N–H and O–H groups in total. The number of rotatable bonds is 7. The summed E-state index contributed by atoms with van der Waals surface area (Å²) in [5.41, 5.74) is 7.93. The number of aromatic nitrogens is 3. The number of unbranched alkanes of at least 4 members (excludes halogenated alkanes) is 1. The Morgan fingerprint density at radius 2 is 2.29 bits per heavy atom. The highest BCUT2D eigenvalue weighted by Crippen LogP contribution is 2.21. The molecule has 0 aromatic carbocycles. The van der Waals surface area contributed by atoms with E-state index in [1.54, 1.807) is 12.3 Å². The second-order valence-corrected chi connectivity index (χ2v) is 4.94. The van der Waals surface area contributed by atoms with Crippen LogP contribution in [0.5, 0.6) is 0 Å². The summed E-state index contributed by atoms with van der Waals surface area (Å²) in [5.74, 6) is 0.739. The number of hydrogen-bond donors (Lipinski definition) is 3. The fraction of sp³-hybridized carbons (Fsp3) is 0.400. The number of nitrogens with zero attached hydrogens (tertiary/aromatic N) is 3. The van der Waals surface area contributed by atoms with Gasteiger partial charge in [0.25, 0.3) is 0 Å². The summed E-state index contributed by atoms with van der Waals surface area (Å²) in [4.78, 5) is 12.8. The molecule has 112 valence electrons. The molecule has 0 aliphatic rings. The van der Waals surface area contributed by atoms with Gasteiger partial charge in [-0.2, -0.15) is 4.98 Å². The second kappa shape index (κ2) is 6.99. The Kier molecular flexibility index (Phi) is 5.05. The highest BCUT2D eigenvalue weighted by molar-refractivity contribution is 5.87. The quantitative estimate of drug-likeness (QED) is 0.722. The summed E-state index contributed by atoms with van der Waals surface area (Å²) < 4.78 is 0. The Hall–Kier alpha value is -2.21. The number of nitrogens with two attached hydrogens (primary N) is 1. The SMILES string of the molecule is C=Cc1cnc2c(N[C@@H](CO)CCCC)nc(N)nc2c1. The van der Waals surface area contributed by atoms with E-state index in [0.717, 1.165) is 24.8 Å². The van der Waals surface area contributed by atoms with Crippen LogP contribution in [-0.2, 0) is 0 Å². The predicted molar refractivity (Wildman–Crippen MR) is 85.9 cm³/mol. The van der Waals surface area contributed by atoms with E-state index < -0.39 is 0 Å². The van der Waals surface area contributed by atoms with Crippen LogP contribution < -0.4 is 11.1 Å². The van der Waals surface area contributed by atoms with Crippen molar-refractivity contribution in [3.8, 4) is 0 Å². The monoisotopic (exact) mass is 287 g/mol. The summed E-state index contributed by atoms with van der Waals surface area (Å²) in [6.45, 7) is 5.87. The van der Waals surface area contributed by atoms with Crippen molar-refractivity contribution in [2.45, 2.75) is 32.2 Å². The molecular weight excluding hydrogens is 266 g/mol. The lowest BCUT2D eigenvalue weighted by Gasteiger charge is -2.17. The Morgan fingerprint density at radius 3 is 2.95 bits per heavy atom. The molecule has 6 heteroatoms. The van der Waals surface area contributed by atoms with Crippen LogP contribution in [0.15, 0.2) is 18.8 Å². The second-order valence-electron chi connectivity index (χ2n) is 4.94. The third kappa shape index (κ3) is 3.66. The summed E-state index contributed by atoms with van der Waals surface area (Å²) >= 11 is 0. The minimum absolute atomic E-state index is 0.0378. The molecule has 2 rings (SSSR count). The molecule has 0 amide bonds. The lowest BCUT2D eigenvalue weighted by atomic mass is 10.1. The van der Waals surface area contributed by atoms with Crippen molar-refractivity contribution in [3.63, 3.8) is 0 Å². The molecule has 6 nitrogen and oxygen atoms in total. The van der Waals surface area contributed by atoms with E-state index in [1.165, 1.54) is 0 Å². The van der Waals surface area contributed by atoms with Gasteiger partial charge in [-0.1, -0.05) is 32.4 Å². The predicted octanol–water partition coefficient (Wildman–Crippen LogP) is 2.21. The molecule has 0 saturated carbocycles. The molecule has 2 heterocycles. The van der Waals surface area contributed by atoms with Gasteiger partial charge in [0.1, 0.15) is 5.52 Å². The number of anilines is 2. The molecular formula is C15H21N5O. The minimum atomic E-state index is -0.0664. The fourth-order valence-electron chi connectivity index (χ4n) is 2.12. The topological polar surface area (TPSA) is 97.0 Å². The van der Waals surface area contributed by atoms with Crippen LogP contribution in [0.25, 0.3) is 17.1 Å². The molecule has 21 heavy (non-hydrogen) atoms. The molecule has 1 atom stereocenters. The number of aliphatic hydroxyl groups is 1. The van der Waals surface area contributed by atoms with E-state index in [1.807, 2.05) is 6.07 Å². The molecule has 0 saturated heterocycles. The average molecular weight is 287 g/mol. The number of nitrogens with one attached hydrogen (secondary N) is 1. The van der Waals surface area contributed by atoms with Crippen LogP contribution in [0.2, 0.25) is 0 Å². The first-order valence-corrected chi connectivity index (χ1v) is 7.11. The first-order valence-electron chi connectivity index (χ1n) is 7.11. The van der Waals surface area contributed by atoms with Crippen LogP contribution in [0.3, 0.4) is 0 Å². The highest BCUT2D eigenvalue weighted by atomic mass is 16.3. The molecule has 0 aliphatic heterocycles. The summed E-state index contributed by atoms with van der Waals surface area (Å²) in [7, 11) is 0. The maximum atomic E-state index is 9.47. The largest absolute Gasteiger partial charge is 0.394 e. The van der Waals surface area contributed by atoms with Crippen molar-refractivity contribution in [2.24, 2.45) is 0 Å². The molecule has 0 fully saturated rings. The van der Waals surface area contributed by atoms with E-state index in [4.69, 9.17) is 5.73 Å². The lowest BCUT2D eigenvalue weighted by Crippen LogP contribution is -2.24. The zero-order valence-electron chi connectivity index (χ0n) is 12.2. The maximum Gasteiger partial charge on any atom is 0.222 e. The number of fused-ring (bicyclic) bond motifs is 1. The molecule has 0 unspecified atom stereocenters. The van der Waals surface area contributed by atoms with Gasteiger partial charge >= 0.3 is 0 Å². The first-order chi connectivity index (χ1) is 10.2. The van der Waals surface area contributed by atoms with E-state index in [9.17, 15) is 5.11 Å². The number of aliphatic hydroxyl groups excluding tert-OH is 1. The van der Waals surface area contributed by atoms with Crippen molar-refractivity contribution >= 4 is 28.9 Å². The van der Waals surface area contributed by atoms with Gasteiger partial charge in [-0.15, -0.1) is 0 Å². The fourth-order valence-corrected chi connectivity index (χ4v) is 2.12. The standard InChI is InChI=1S/C15H21N5O/c1-3-5-6-11(9-21)18-14-13-12(19-15(16)20-14)7-10(4-2)8-17-13/h4,7-8,11,21H,2-3,5-6,9H2,1H3,(H3,16,18,19,20)/t11-/m1/s1. The van der Waals surface area contributed by atoms with Gasteiger partial charge in [-0.25, -0.2) is 4.98 Å². The molecule has 0 aliphatic carbocycles. The van der Waals surface area contributed by atoms with Gasteiger partial charge in [0.15, 0.2) is 5.82 Å². The van der Waals surface area contributed by atoms with Gasteiger partial charge in [-0.3, -0.25) is 4.98 Å². The van der Waals surface area contributed by atoms with Crippen LogP contribution >= 0.6 is 0 Å². The molecule has 2 aromatic heterocycles. The Morgan fingerprint density at radius 1 is 1.48 bits per heavy atom. The molecule has 2 aromatic rings. The number of hydrogen-bond acceptors (Lipinski definition) is 6. The zero-order chi connectivity index (χ0) is 15.2. The number of nitrogen functional groups attached to an aromatic ring is 1. The van der Waals surface area contributed by atoms with Gasteiger partial charge in [-0.05, 0) is 18.1 Å². The first kappa shape index (κ1) is 15.2. The van der Waals surface area contributed by atoms with Crippen molar-refractivity contribution < 1.29 is 5.11 Å². The maximum absolute atomic E-state index is 9.47. The highest BCUT2D eigenvalue weighted by Gasteiger charge is 2.13.